The van der Waals surface area contributed by atoms with Gasteiger partial charge in [0.05, 0.1) is 11.9 Å². The van der Waals surface area contributed by atoms with Crippen LogP contribution in [0.2, 0.25) is 0 Å². The average Bonchev–Trinajstić information content (AvgIpc) is 2.17. The molecule has 1 aliphatic rings. The summed E-state index contributed by atoms with van der Waals surface area (Å²) >= 11 is 0. The van der Waals surface area contributed by atoms with Gasteiger partial charge in [-0.15, -0.1) is 0 Å². The molecule has 1 heterocycles. The molecule has 0 aliphatic carbocycles. The van der Waals surface area contributed by atoms with E-state index in [0.29, 0.717) is 19.6 Å². The van der Waals surface area contributed by atoms with Gasteiger partial charge in [-0.1, -0.05) is 0 Å². The summed E-state index contributed by atoms with van der Waals surface area (Å²) in [7, 11) is -3.11. The normalized spacial score (nSPS) is 26.4. The third-order valence-corrected chi connectivity index (χ3v) is 4.50. The molecular weight excluding hydrogens is 230 g/mol. The van der Waals surface area contributed by atoms with Crippen LogP contribution in [0.25, 0.3) is 0 Å². The lowest BCUT2D eigenvalue weighted by Gasteiger charge is -2.30. The maximum Gasteiger partial charge on any atom is 0.306 e. The van der Waals surface area contributed by atoms with Crippen molar-refractivity contribution in [3.8, 4) is 0 Å². The zero-order valence-electron chi connectivity index (χ0n) is 9.73. The molecule has 16 heavy (non-hydrogen) atoms. The first-order chi connectivity index (χ1) is 7.45. The van der Waals surface area contributed by atoms with Crippen molar-refractivity contribution in [3.05, 3.63) is 0 Å². The Kier molecular flexibility index (Phi) is 4.73. The second-order valence-electron chi connectivity index (χ2n) is 4.13. The SMILES string of the molecule is CCOC(=O)CC1CCNCC1S(C)(=O)=O. The quantitative estimate of drug-likeness (QED) is 0.708. The van der Waals surface area contributed by atoms with Crippen molar-refractivity contribution in [1.82, 2.24) is 5.32 Å². The van der Waals surface area contributed by atoms with Gasteiger partial charge < -0.3 is 10.1 Å². The lowest BCUT2D eigenvalue weighted by molar-refractivity contribution is -0.144. The molecule has 1 aliphatic heterocycles. The van der Waals surface area contributed by atoms with Crippen LogP contribution in [0.1, 0.15) is 19.8 Å². The Hall–Kier alpha value is -0.620. The van der Waals surface area contributed by atoms with Gasteiger partial charge in [-0.25, -0.2) is 8.42 Å². The van der Waals surface area contributed by atoms with E-state index in [1.165, 1.54) is 6.26 Å². The summed E-state index contributed by atoms with van der Waals surface area (Å²) in [6.07, 6.45) is 2.13. The average molecular weight is 249 g/mol. The Morgan fingerprint density at radius 2 is 2.19 bits per heavy atom. The van der Waals surface area contributed by atoms with Gasteiger partial charge in [-0.3, -0.25) is 4.79 Å². The van der Waals surface area contributed by atoms with Crippen LogP contribution in [-0.4, -0.2) is 45.6 Å². The van der Waals surface area contributed by atoms with Crippen LogP contribution in [0.15, 0.2) is 0 Å². The third kappa shape index (κ3) is 3.75. The summed E-state index contributed by atoms with van der Waals surface area (Å²) in [5, 5.41) is 2.58. The molecule has 1 saturated heterocycles. The molecule has 0 saturated carbocycles. The van der Waals surface area contributed by atoms with Crippen LogP contribution in [0.5, 0.6) is 0 Å². The fourth-order valence-electron chi connectivity index (χ4n) is 2.05. The maximum atomic E-state index is 11.5. The standard InChI is InChI=1S/C10H19NO4S/c1-3-15-10(12)6-8-4-5-11-7-9(8)16(2,13)14/h8-9,11H,3-7H2,1-2H3. The highest BCUT2D eigenvalue weighted by atomic mass is 32.2. The molecule has 1 rings (SSSR count). The van der Waals surface area contributed by atoms with Gasteiger partial charge in [0.25, 0.3) is 0 Å². The minimum atomic E-state index is -3.11. The largest absolute Gasteiger partial charge is 0.466 e. The van der Waals surface area contributed by atoms with Gasteiger partial charge in [-0.2, -0.15) is 0 Å². The summed E-state index contributed by atoms with van der Waals surface area (Å²) in [4.78, 5) is 11.3. The van der Waals surface area contributed by atoms with E-state index in [4.69, 9.17) is 4.74 Å². The number of hydrogen-bond acceptors (Lipinski definition) is 5. The number of sulfone groups is 1. The van der Waals surface area contributed by atoms with Crippen molar-refractivity contribution >= 4 is 15.8 Å². The van der Waals surface area contributed by atoms with Crippen LogP contribution >= 0.6 is 0 Å². The molecule has 0 aromatic rings. The number of rotatable bonds is 4. The predicted octanol–water partition coefficient (Wildman–Crippen LogP) is -0.0377. The van der Waals surface area contributed by atoms with Crippen molar-refractivity contribution in [2.24, 2.45) is 5.92 Å². The molecule has 1 fully saturated rings. The number of hydrogen-bond donors (Lipinski definition) is 1. The van der Waals surface area contributed by atoms with Crippen LogP contribution in [0.3, 0.4) is 0 Å². The highest BCUT2D eigenvalue weighted by molar-refractivity contribution is 7.91. The Balaban J connectivity index is 2.64. The highest BCUT2D eigenvalue weighted by Gasteiger charge is 2.34. The Morgan fingerprint density at radius 3 is 2.75 bits per heavy atom. The molecule has 0 radical (unpaired) electrons. The number of esters is 1. The van der Waals surface area contributed by atoms with Gasteiger partial charge >= 0.3 is 5.97 Å². The molecule has 6 heteroatoms. The minimum absolute atomic E-state index is 0.115. The summed E-state index contributed by atoms with van der Waals surface area (Å²) < 4.78 is 27.9. The summed E-state index contributed by atoms with van der Waals surface area (Å²) in [6, 6.07) is 0. The second kappa shape index (κ2) is 5.63. The third-order valence-electron chi connectivity index (χ3n) is 2.85. The molecule has 0 bridgehead atoms. The van der Waals surface area contributed by atoms with E-state index in [2.05, 4.69) is 5.32 Å². The summed E-state index contributed by atoms with van der Waals surface area (Å²) in [5.74, 6) is -0.418. The number of nitrogens with one attached hydrogen (secondary N) is 1. The molecule has 0 amide bonds. The monoisotopic (exact) mass is 249 g/mol. The number of ether oxygens (including phenoxy) is 1. The van der Waals surface area contributed by atoms with E-state index in [1.54, 1.807) is 6.92 Å². The van der Waals surface area contributed by atoms with Crippen LogP contribution in [0, 0.1) is 5.92 Å². The van der Waals surface area contributed by atoms with Crippen molar-refractivity contribution in [1.29, 1.82) is 0 Å². The van der Waals surface area contributed by atoms with Gasteiger partial charge in [0.15, 0.2) is 9.84 Å². The number of piperidine rings is 1. The molecule has 5 nitrogen and oxygen atoms in total. The van der Waals surface area contributed by atoms with E-state index in [-0.39, 0.29) is 18.3 Å². The zero-order valence-corrected chi connectivity index (χ0v) is 10.5. The van der Waals surface area contributed by atoms with Crippen molar-refractivity contribution in [3.63, 3.8) is 0 Å². The molecule has 2 atom stereocenters. The Bertz CT molecular complexity index is 339. The van der Waals surface area contributed by atoms with Crippen molar-refractivity contribution in [2.45, 2.75) is 25.0 Å². The Labute approximate surface area is 96.5 Å². The number of carbonyl (C=O) groups excluding carboxylic acids is 1. The first-order valence-corrected chi connectivity index (χ1v) is 7.45. The van der Waals surface area contributed by atoms with E-state index < -0.39 is 15.1 Å². The molecule has 1 N–H and O–H groups in total. The van der Waals surface area contributed by atoms with E-state index in [0.717, 1.165) is 6.54 Å². The van der Waals surface area contributed by atoms with Crippen LogP contribution in [0.4, 0.5) is 0 Å². The van der Waals surface area contributed by atoms with Gasteiger partial charge in [0.2, 0.25) is 0 Å². The fraction of sp³-hybridized carbons (Fsp3) is 0.900. The molecule has 0 aromatic carbocycles. The minimum Gasteiger partial charge on any atom is -0.466 e. The lowest BCUT2D eigenvalue weighted by Crippen LogP contribution is -2.45. The van der Waals surface area contributed by atoms with E-state index >= 15 is 0 Å². The van der Waals surface area contributed by atoms with Crippen LogP contribution < -0.4 is 5.32 Å². The van der Waals surface area contributed by atoms with Gasteiger partial charge in [0, 0.05) is 19.2 Å². The van der Waals surface area contributed by atoms with E-state index in [9.17, 15) is 13.2 Å². The lowest BCUT2D eigenvalue weighted by atomic mass is 9.94. The first-order valence-electron chi connectivity index (χ1n) is 5.50. The molecular formula is C10H19NO4S. The number of carbonyl (C=O) groups is 1. The molecule has 94 valence electrons. The second-order valence-corrected chi connectivity index (χ2v) is 6.39. The molecule has 0 aromatic heterocycles. The van der Waals surface area contributed by atoms with Crippen LogP contribution in [-0.2, 0) is 19.4 Å². The maximum absolute atomic E-state index is 11.5. The van der Waals surface area contributed by atoms with E-state index in [1.807, 2.05) is 0 Å². The Morgan fingerprint density at radius 1 is 1.50 bits per heavy atom. The van der Waals surface area contributed by atoms with Gasteiger partial charge in [-0.05, 0) is 25.8 Å². The summed E-state index contributed by atoms with van der Waals surface area (Å²) in [5.41, 5.74) is 0. The molecule has 2 unspecified atom stereocenters. The smallest absolute Gasteiger partial charge is 0.306 e. The van der Waals surface area contributed by atoms with Gasteiger partial charge in [0.1, 0.15) is 0 Å². The van der Waals surface area contributed by atoms with Crippen molar-refractivity contribution in [2.75, 3.05) is 26.0 Å². The topological polar surface area (TPSA) is 72.5 Å². The first kappa shape index (κ1) is 13.4. The fourth-order valence-corrected chi connectivity index (χ4v) is 3.40. The zero-order chi connectivity index (χ0) is 12.2. The summed E-state index contributed by atoms with van der Waals surface area (Å²) in [6.45, 7) is 3.28. The predicted molar refractivity (Wildman–Crippen MR) is 60.9 cm³/mol. The molecule has 0 spiro atoms. The highest BCUT2D eigenvalue weighted by Crippen LogP contribution is 2.22. The van der Waals surface area contributed by atoms with Crippen molar-refractivity contribution < 1.29 is 17.9 Å².